The van der Waals surface area contributed by atoms with Crippen LogP contribution in [0.3, 0.4) is 0 Å². The number of benzene rings is 1. The van der Waals surface area contributed by atoms with Crippen molar-refractivity contribution in [3.05, 3.63) is 46.7 Å². The molecule has 0 saturated carbocycles. The van der Waals surface area contributed by atoms with Gasteiger partial charge in [-0.3, -0.25) is 4.98 Å². The number of fused-ring (bicyclic) bond motifs is 1. The summed E-state index contributed by atoms with van der Waals surface area (Å²) in [4.78, 5) is 15.6. The van der Waals surface area contributed by atoms with Crippen LogP contribution >= 0.6 is 0 Å². The molecule has 2 aromatic rings. The number of hydrogen-bond acceptors (Lipinski definition) is 2. The first kappa shape index (κ1) is 15.2. The van der Waals surface area contributed by atoms with Gasteiger partial charge in [0.25, 0.3) is 0 Å². The van der Waals surface area contributed by atoms with Gasteiger partial charge in [-0.1, -0.05) is 20.8 Å². The van der Waals surface area contributed by atoms with E-state index in [-0.39, 0.29) is 5.41 Å². The Labute approximate surface area is 125 Å². The molecule has 21 heavy (non-hydrogen) atoms. The zero-order valence-electron chi connectivity index (χ0n) is 13.2. The Hall–Kier alpha value is -2.16. The van der Waals surface area contributed by atoms with Crippen molar-refractivity contribution < 1.29 is 9.90 Å². The highest BCUT2D eigenvalue weighted by Crippen LogP contribution is 2.28. The lowest BCUT2D eigenvalue weighted by atomic mass is 9.89. The largest absolute Gasteiger partial charge is 0.478 e. The lowest BCUT2D eigenvalue weighted by Gasteiger charge is -2.20. The summed E-state index contributed by atoms with van der Waals surface area (Å²) in [6.45, 7) is 10.4. The summed E-state index contributed by atoms with van der Waals surface area (Å²) in [5.41, 5.74) is 5.06. The van der Waals surface area contributed by atoms with E-state index in [1.165, 1.54) is 17.2 Å². The van der Waals surface area contributed by atoms with Crippen LogP contribution in [0.15, 0.2) is 24.3 Å². The smallest absolute Gasteiger partial charge is 0.328 e. The van der Waals surface area contributed by atoms with Gasteiger partial charge in [0.2, 0.25) is 0 Å². The second-order valence-electron chi connectivity index (χ2n) is 6.47. The van der Waals surface area contributed by atoms with E-state index < -0.39 is 5.97 Å². The number of carbonyl (C=O) groups is 1. The molecule has 0 amide bonds. The summed E-state index contributed by atoms with van der Waals surface area (Å²) in [5.74, 6) is -0.943. The van der Waals surface area contributed by atoms with Crippen molar-refractivity contribution in [2.75, 3.05) is 0 Å². The van der Waals surface area contributed by atoms with E-state index in [9.17, 15) is 4.79 Å². The standard InChI is InChI=1S/C18H21NO2/c1-11-8-14-13(6-7-17(20)21)10-16(18(3,4)5)19-15(14)9-12(11)2/h6-10H,1-5H3,(H,20,21)/b7-6+. The van der Waals surface area contributed by atoms with Crippen LogP contribution in [0.2, 0.25) is 0 Å². The van der Waals surface area contributed by atoms with Crippen LogP contribution in [0.5, 0.6) is 0 Å². The average molecular weight is 283 g/mol. The number of rotatable bonds is 2. The Kier molecular flexibility index (Phi) is 3.86. The molecule has 3 nitrogen and oxygen atoms in total. The molecule has 1 aromatic carbocycles. The van der Waals surface area contributed by atoms with Crippen molar-refractivity contribution in [3.8, 4) is 0 Å². The molecule has 0 unspecified atom stereocenters. The second kappa shape index (κ2) is 5.32. The Morgan fingerprint density at radius 2 is 1.76 bits per heavy atom. The van der Waals surface area contributed by atoms with Crippen molar-refractivity contribution in [2.45, 2.75) is 40.0 Å². The van der Waals surface area contributed by atoms with Crippen molar-refractivity contribution >= 4 is 22.9 Å². The van der Waals surface area contributed by atoms with Gasteiger partial charge in [0.1, 0.15) is 0 Å². The molecule has 2 rings (SSSR count). The fraction of sp³-hybridized carbons (Fsp3) is 0.333. The Balaban J connectivity index is 2.78. The third kappa shape index (κ3) is 3.30. The van der Waals surface area contributed by atoms with Gasteiger partial charge < -0.3 is 5.11 Å². The van der Waals surface area contributed by atoms with Gasteiger partial charge in [0.05, 0.1) is 5.52 Å². The molecule has 0 radical (unpaired) electrons. The summed E-state index contributed by atoms with van der Waals surface area (Å²) >= 11 is 0. The lowest BCUT2D eigenvalue weighted by molar-refractivity contribution is -0.131. The minimum absolute atomic E-state index is 0.0845. The Bertz CT molecular complexity index is 737. The molecule has 3 heteroatoms. The first-order chi connectivity index (χ1) is 9.68. The zero-order chi connectivity index (χ0) is 15.8. The van der Waals surface area contributed by atoms with E-state index in [1.807, 2.05) is 6.07 Å². The molecule has 0 aliphatic carbocycles. The topological polar surface area (TPSA) is 50.2 Å². The number of nitrogens with zero attached hydrogens (tertiary/aromatic N) is 1. The molecule has 1 aromatic heterocycles. The number of hydrogen-bond donors (Lipinski definition) is 1. The average Bonchev–Trinajstić information content (AvgIpc) is 2.36. The first-order valence-corrected chi connectivity index (χ1v) is 7.02. The molecule has 0 atom stereocenters. The van der Waals surface area contributed by atoms with Crippen molar-refractivity contribution in [1.29, 1.82) is 0 Å². The van der Waals surface area contributed by atoms with Crippen LogP contribution in [0, 0.1) is 13.8 Å². The van der Waals surface area contributed by atoms with E-state index in [0.29, 0.717) is 0 Å². The highest BCUT2D eigenvalue weighted by molar-refractivity contribution is 5.93. The second-order valence-corrected chi connectivity index (χ2v) is 6.47. The summed E-state index contributed by atoms with van der Waals surface area (Å²) in [6.07, 6.45) is 2.83. The fourth-order valence-electron chi connectivity index (χ4n) is 2.19. The van der Waals surface area contributed by atoms with Crippen LogP contribution in [0.1, 0.15) is 43.2 Å². The minimum Gasteiger partial charge on any atom is -0.478 e. The maximum atomic E-state index is 10.8. The molecular weight excluding hydrogens is 262 g/mol. The number of aromatic nitrogens is 1. The van der Waals surface area contributed by atoms with Crippen LogP contribution in [-0.4, -0.2) is 16.1 Å². The van der Waals surface area contributed by atoms with E-state index in [4.69, 9.17) is 10.1 Å². The Morgan fingerprint density at radius 1 is 1.14 bits per heavy atom. The molecular formula is C18H21NO2. The van der Waals surface area contributed by atoms with Crippen molar-refractivity contribution in [1.82, 2.24) is 4.98 Å². The van der Waals surface area contributed by atoms with Gasteiger partial charge in [-0.25, -0.2) is 4.79 Å². The van der Waals surface area contributed by atoms with Crippen molar-refractivity contribution in [3.63, 3.8) is 0 Å². The predicted molar refractivity (Wildman–Crippen MR) is 86.6 cm³/mol. The third-order valence-electron chi connectivity index (χ3n) is 3.63. The van der Waals surface area contributed by atoms with E-state index in [2.05, 4.69) is 46.8 Å². The van der Waals surface area contributed by atoms with E-state index >= 15 is 0 Å². The van der Waals surface area contributed by atoms with Gasteiger partial charge in [-0.15, -0.1) is 0 Å². The zero-order valence-corrected chi connectivity index (χ0v) is 13.2. The number of carboxylic acids is 1. The number of aliphatic carboxylic acids is 1. The van der Waals surface area contributed by atoms with Gasteiger partial charge in [-0.2, -0.15) is 0 Å². The maximum Gasteiger partial charge on any atom is 0.328 e. The monoisotopic (exact) mass is 283 g/mol. The van der Waals surface area contributed by atoms with Crippen LogP contribution in [0.4, 0.5) is 0 Å². The minimum atomic E-state index is -0.943. The van der Waals surface area contributed by atoms with Gasteiger partial charge in [0.15, 0.2) is 0 Å². The Morgan fingerprint density at radius 3 is 2.33 bits per heavy atom. The highest BCUT2D eigenvalue weighted by Gasteiger charge is 2.17. The SMILES string of the molecule is Cc1cc2nc(C(C)(C)C)cc(/C=C/C(=O)O)c2cc1C. The van der Waals surface area contributed by atoms with Gasteiger partial charge >= 0.3 is 5.97 Å². The van der Waals surface area contributed by atoms with E-state index in [1.54, 1.807) is 6.08 Å². The van der Waals surface area contributed by atoms with E-state index in [0.717, 1.165) is 22.2 Å². The highest BCUT2D eigenvalue weighted by atomic mass is 16.4. The van der Waals surface area contributed by atoms with Gasteiger partial charge in [0, 0.05) is 22.6 Å². The lowest BCUT2D eigenvalue weighted by Crippen LogP contribution is -2.14. The normalized spacial score (nSPS) is 12.2. The number of carboxylic acid groups (broad SMARTS) is 1. The number of pyridine rings is 1. The summed E-state index contributed by atoms with van der Waals surface area (Å²) in [5, 5.41) is 9.86. The molecule has 0 fully saturated rings. The molecule has 0 aliphatic rings. The molecule has 0 saturated heterocycles. The third-order valence-corrected chi connectivity index (χ3v) is 3.63. The van der Waals surface area contributed by atoms with Crippen LogP contribution < -0.4 is 0 Å². The predicted octanol–water partition coefficient (Wildman–Crippen LogP) is 4.25. The first-order valence-electron chi connectivity index (χ1n) is 7.02. The molecule has 1 heterocycles. The van der Waals surface area contributed by atoms with Crippen molar-refractivity contribution in [2.24, 2.45) is 0 Å². The van der Waals surface area contributed by atoms with Crippen LogP contribution in [-0.2, 0) is 10.2 Å². The fourth-order valence-corrected chi connectivity index (χ4v) is 2.19. The summed E-state index contributed by atoms with van der Waals surface area (Å²) in [6, 6.07) is 6.13. The summed E-state index contributed by atoms with van der Waals surface area (Å²) in [7, 11) is 0. The molecule has 0 bridgehead atoms. The number of aryl methyl sites for hydroxylation is 2. The molecule has 1 N–H and O–H groups in total. The molecule has 110 valence electrons. The van der Waals surface area contributed by atoms with Crippen LogP contribution in [0.25, 0.3) is 17.0 Å². The molecule has 0 spiro atoms. The quantitative estimate of drug-likeness (QED) is 0.838. The van der Waals surface area contributed by atoms with Gasteiger partial charge in [-0.05, 0) is 54.8 Å². The molecule has 0 aliphatic heterocycles. The maximum absolute atomic E-state index is 10.8. The summed E-state index contributed by atoms with van der Waals surface area (Å²) < 4.78 is 0.